The Labute approximate surface area is 95.2 Å². The molecule has 0 saturated heterocycles. The summed E-state index contributed by atoms with van der Waals surface area (Å²) in [6.07, 6.45) is 2.05. The molecular weight excluding hydrogens is 202 g/mol. The lowest BCUT2D eigenvalue weighted by Crippen LogP contribution is -2.31. The number of ether oxygens (including phenoxy) is 2. The van der Waals surface area contributed by atoms with E-state index in [2.05, 4.69) is 17.6 Å². The van der Waals surface area contributed by atoms with E-state index in [1.165, 1.54) is 11.1 Å². The lowest BCUT2D eigenvalue weighted by molar-refractivity contribution is -0.676. The van der Waals surface area contributed by atoms with Gasteiger partial charge in [0.25, 0.3) is 0 Å². The highest BCUT2D eigenvalue weighted by molar-refractivity contribution is 5.86. The number of aromatic nitrogens is 1. The summed E-state index contributed by atoms with van der Waals surface area (Å²) in [4.78, 5) is 0. The molecule has 0 N–H and O–H groups in total. The average Bonchev–Trinajstić information content (AvgIpc) is 2.32. The first-order valence-electron chi connectivity index (χ1n) is 5.18. The molecule has 0 bridgehead atoms. The maximum atomic E-state index is 5.30. The molecule has 0 aliphatic carbocycles. The van der Waals surface area contributed by atoms with Crippen molar-refractivity contribution in [3.8, 4) is 11.5 Å². The van der Waals surface area contributed by atoms with Crippen LogP contribution in [0.2, 0.25) is 0 Å². The second-order valence-corrected chi connectivity index (χ2v) is 3.81. The smallest absolute Gasteiger partial charge is 0.185 e. The summed E-state index contributed by atoms with van der Waals surface area (Å²) >= 11 is 0. The van der Waals surface area contributed by atoms with Crippen molar-refractivity contribution in [1.82, 2.24) is 0 Å². The normalized spacial score (nSPS) is 10.5. The van der Waals surface area contributed by atoms with Crippen LogP contribution < -0.4 is 14.0 Å². The number of hydrogen-bond donors (Lipinski definition) is 0. The Morgan fingerprint density at radius 3 is 2.31 bits per heavy atom. The Kier molecular flexibility index (Phi) is 2.69. The molecule has 0 aliphatic rings. The summed E-state index contributed by atoms with van der Waals surface area (Å²) < 4.78 is 12.7. The van der Waals surface area contributed by atoms with E-state index >= 15 is 0 Å². The van der Waals surface area contributed by atoms with E-state index in [1.807, 2.05) is 25.4 Å². The van der Waals surface area contributed by atoms with Crippen molar-refractivity contribution in [3.63, 3.8) is 0 Å². The topological polar surface area (TPSA) is 22.3 Å². The number of rotatable bonds is 2. The van der Waals surface area contributed by atoms with Crippen LogP contribution in [-0.2, 0) is 7.05 Å². The third-order valence-electron chi connectivity index (χ3n) is 2.95. The summed E-state index contributed by atoms with van der Waals surface area (Å²) in [5.41, 5.74) is 1.21. The Morgan fingerprint density at radius 1 is 1.06 bits per heavy atom. The first-order chi connectivity index (χ1) is 7.67. The van der Waals surface area contributed by atoms with Crippen LogP contribution in [0, 0.1) is 6.92 Å². The summed E-state index contributed by atoms with van der Waals surface area (Å²) in [7, 11) is 5.34. The van der Waals surface area contributed by atoms with Crippen molar-refractivity contribution in [2.45, 2.75) is 6.92 Å². The molecule has 1 aromatic heterocycles. The largest absolute Gasteiger partial charge is 0.493 e. The van der Waals surface area contributed by atoms with Gasteiger partial charge in [0, 0.05) is 13.0 Å². The zero-order valence-electron chi connectivity index (χ0n) is 10.1. The van der Waals surface area contributed by atoms with Crippen LogP contribution in [0.4, 0.5) is 0 Å². The average molecular weight is 218 g/mol. The minimum atomic E-state index is 0.767. The summed E-state index contributed by atoms with van der Waals surface area (Å²) in [6.45, 7) is 2.09. The molecule has 2 rings (SSSR count). The molecule has 0 spiro atoms. The van der Waals surface area contributed by atoms with Gasteiger partial charge in [0.2, 0.25) is 0 Å². The summed E-state index contributed by atoms with van der Waals surface area (Å²) in [5.74, 6) is 1.53. The summed E-state index contributed by atoms with van der Waals surface area (Å²) in [6, 6.07) is 6.09. The van der Waals surface area contributed by atoms with Gasteiger partial charge in [-0.3, -0.25) is 0 Å². The molecule has 1 heterocycles. The first-order valence-corrected chi connectivity index (χ1v) is 5.18. The molecule has 0 amide bonds. The molecule has 0 atom stereocenters. The third-order valence-corrected chi connectivity index (χ3v) is 2.95. The highest BCUT2D eigenvalue weighted by Crippen LogP contribution is 2.32. The Bertz CT molecular complexity index is 535. The predicted molar refractivity (Wildman–Crippen MR) is 63.0 cm³/mol. The van der Waals surface area contributed by atoms with E-state index in [4.69, 9.17) is 9.47 Å². The number of benzene rings is 1. The maximum absolute atomic E-state index is 5.30. The van der Waals surface area contributed by atoms with Crippen LogP contribution in [0.1, 0.15) is 5.69 Å². The number of fused-ring (bicyclic) bond motifs is 1. The molecule has 0 radical (unpaired) electrons. The predicted octanol–water partition coefficient (Wildman–Crippen LogP) is 1.99. The fraction of sp³-hybridized carbons (Fsp3) is 0.308. The van der Waals surface area contributed by atoms with E-state index in [0.29, 0.717) is 0 Å². The molecular formula is C13H16NO2+. The van der Waals surface area contributed by atoms with Crippen LogP contribution in [0.25, 0.3) is 10.8 Å². The zero-order chi connectivity index (χ0) is 11.7. The van der Waals surface area contributed by atoms with Crippen LogP contribution in [0.5, 0.6) is 11.5 Å². The van der Waals surface area contributed by atoms with Crippen LogP contribution in [0.3, 0.4) is 0 Å². The molecule has 0 aliphatic heterocycles. The van der Waals surface area contributed by atoms with Crippen molar-refractivity contribution in [3.05, 3.63) is 30.1 Å². The van der Waals surface area contributed by atoms with E-state index in [9.17, 15) is 0 Å². The molecule has 1 aromatic carbocycles. The number of aryl methyl sites for hydroxylation is 2. The van der Waals surface area contributed by atoms with Gasteiger partial charge in [-0.2, -0.15) is 0 Å². The number of methoxy groups -OCH3 is 2. The lowest BCUT2D eigenvalue weighted by atomic mass is 10.1. The molecule has 0 unspecified atom stereocenters. The van der Waals surface area contributed by atoms with Gasteiger partial charge in [-0.15, -0.1) is 0 Å². The van der Waals surface area contributed by atoms with Crippen molar-refractivity contribution >= 4 is 10.8 Å². The van der Waals surface area contributed by atoms with Crippen LogP contribution in [-0.4, -0.2) is 14.2 Å². The van der Waals surface area contributed by atoms with E-state index in [1.54, 1.807) is 14.2 Å². The molecule has 3 heteroatoms. The second-order valence-electron chi connectivity index (χ2n) is 3.81. The number of nitrogens with zero attached hydrogens (tertiary/aromatic N) is 1. The van der Waals surface area contributed by atoms with Crippen molar-refractivity contribution in [1.29, 1.82) is 0 Å². The number of hydrogen-bond acceptors (Lipinski definition) is 2. The second kappa shape index (κ2) is 4.00. The fourth-order valence-electron chi connectivity index (χ4n) is 1.84. The van der Waals surface area contributed by atoms with E-state index in [-0.39, 0.29) is 0 Å². The van der Waals surface area contributed by atoms with Crippen molar-refractivity contribution in [2.75, 3.05) is 14.2 Å². The molecule has 3 nitrogen and oxygen atoms in total. The summed E-state index contributed by atoms with van der Waals surface area (Å²) in [5, 5.41) is 2.34. The SMILES string of the molecule is COc1cc2cc[n+](C)c(C)c2cc1OC. The molecule has 0 fully saturated rings. The van der Waals surface area contributed by atoms with Crippen LogP contribution in [0.15, 0.2) is 24.4 Å². The van der Waals surface area contributed by atoms with Gasteiger partial charge in [0.1, 0.15) is 7.05 Å². The fourth-order valence-corrected chi connectivity index (χ4v) is 1.84. The van der Waals surface area contributed by atoms with Crippen molar-refractivity contribution in [2.24, 2.45) is 7.05 Å². The van der Waals surface area contributed by atoms with Gasteiger partial charge in [0.05, 0.1) is 19.6 Å². The van der Waals surface area contributed by atoms with Gasteiger partial charge in [0.15, 0.2) is 23.4 Å². The highest BCUT2D eigenvalue weighted by Gasteiger charge is 2.11. The lowest BCUT2D eigenvalue weighted by Gasteiger charge is -2.09. The van der Waals surface area contributed by atoms with Gasteiger partial charge in [-0.1, -0.05) is 0 Å². The Morgan fingerprint density at radius 2 is 1.69 bits per heavy atom. The van der Waals surface area contributed by atoms with Gasteiger partial charge < -0.3 is 9.47 Å². The minimum Gasteiger partial charge on any atom is -0.493 e. The Balaban J connectivity index is 2.78. The van der Waals surface area contributed by atoms with E-state index < -0.39 is 0 Å². The highest BCUT2D eigenvalue weighted by atomic mass is 16.5. The Hall–Kier alpha value is -1.77. The molecule has 2 aromatic rings. The standard InChI is InChI=1S/C13H16NO2/c1-9-11-8-13(16-4)12(15-3)7-10(11)5-6-14(9)2/h5-8H,1-4H3/q+1. The van der Waals surface area contributed by atoms with Crippen molar-refractivity contribution < 1.29 is 14.0 Å². The molecule has 16 heavy (non-hydrogen) atoms. The third kappa shape index (κ3) is 1.58. The molecule has 84 valence electrons. The van der Waals surface area contributed by atoms with Gasteiger partial charge in [-0.05, 0) is 17.5 Å². The van der Waals surface area contributed by atoms with Gasteiger partial charge >= 0.3 is 0 Å². The zero-order valence-corrected chi connectivity index (χ0v) is 10.1. The molecule has 0 saturated carbocycles. The van der Waals surface area contributed by atoms with Crippen LogP contribution >= 0.6 is 0 Å². The van der Waals surface area contributed by atoms with Gasteiger partial charge in [-0.25, -0.2) is 4.57 Å². The quantitative estimate of drug-likeness (QED) is 0.719. The number of pyridine rings is 1. The maximum Gasteiger partial charge on any atom is 0.185 e. The minimum absolute atomic E-state index is 0.767. The first kappa shape index (κ1) is 10.7. The monoisotopic (exact) mass is 218 g/mol. The van der Waals surface area contributed by atoms with E-state index in [0.717, 1.165) is 16.9 Å².